The second-order valence-electron chi connectivity index (χ2n) is 8.30. The minimum absolute atomic E-state index is 0.0131. The second kappa shape index (κ2) is 11.5. The highest BCUT2D eigenvalue weighted by Gasteiger charge is 2.44. The molecule has 1 N–H and O–H groups in total. The van der Waals surface area contributed by atoms with Gasteiger partial charge in [0.2, 0.25) is 5.91 Å². The van der Waals surface area contributed by atoms with E-state index in [9.17, 15) is 9.59 Å². The Labute approximate surface area is 210 Å². The fourth-order valence-electron chi connectivity index (χ4n) is 4.19. The van der Waals surface area contributed by atoms with E-state index in [0.29, 0.717) is 47.7 Å². The molecule has 2 fully saturated rings. The van der Waals surface area contributed by atoms with Gasteiger partial charge in [-0.25, -0.2) is 0 Å². The maximum Gasteiger partial charge on any atom is 0.256 e. The molecule has 0 bridgehead atoms. The molecule has 1 unspecified atom stereocenters. The average Bonchev–Trinajstić information content (AvgIpc) is 3.12. The molecular weight excluding hydrogens is 468 g/mol. The van der Waals surface area contributed by atoms with Crippen LogP contribution in [0.3, 0.4) is 0 Å². The largest absolute Gasteiger partial charge is 0.497 e. The van der Waals surface area contributed by atoms with Crippen LogP contribution in [0.25, 0.3) is 0 Å². The molecule has 2 amide bonds. The van der Waals surface area contributed by atoms with E-state index in [4.69, 9.17) is 26.4 Å². The summed E-state index contributed by atoms with van der Waals surface area (Å²) in [6.45, 7) is 4.31. The number of nitrogens with one attached hydrogen (secondary N) is 1. The molecule has 2 aromatic rings. The van der Waals surface area contributed by atoms with Crippen LogP contribution < -0.4 is 19.7 Å². The lowest BCUT2D eigenvalue weighted by Crippen LogP contribution is -2.45. The van der Waals surface area contributed by atoms with Crippen LogP contribution in [0.1, 0.15) is 6.42 Å². The van der Waals surface area contributed by atoms with Crippen LogP contribution in [-0.2, 0) is 14.3 Å². The molecule has 2 aliphatic heterocycles. The number of rotatable bonds is 9. The highest BCUT2D eigenvalue weighted by atomic mass is 32.1. The molecule has 0 spiro atoms. The monoisotopic (exact) mass is 498 g/mol. The van der Waals surface area contributed by atoms with Gasteiger partial charge >= 0.3 is 0 Å². The summed E-state index contributed by atoms with van der Waals surface area (Å²) in [5.74, 6) is 0.908. The molecule has 0 saturated carbocycles. The van der Waals surface area contributed by atoms with E-state index in [0.717, 1.165) is 19.6 Å². The van der Waals surface area contributed by atoms with Crippen LogP contribution in [0.15, 0.2) is 48.5 Å². The van der Waals surface area contributed by atoms with Gasteiger partial charge < -0.3 is 24.4 Å². The van der Waals surface area contributed by atoms with E-state index < -0.39 is 6.04 Å². The molecule has 186 valence electrons. The molecule has 10 heteroatoms. The minimum Gasteiger partial charge on any atom is -0.497 e. The number of hydrogen-bond donors (Lipinski definition) is 1. The lowest BCUT2D eigenvalue weighted by atomic mass is 10.1. The molecule has 2 aliphatic rings. The molecule has 4 rings (SSSR count). The highest BCUT2D eigenvalue weighted by molar-refractivity contribution is 7.80. The Balaban J connectivity index is 1.50. The summed E-state index contributed by atoms with van der Waals surface area (Å²) in [6.07, 6.45) is -0.0131. The summed E-state index contributed by atoms with van der Waals surface area (Å²) < 4.78 is 15.8. The Hall–Kier alpha value is -3.21. The van der Waals surface area contributed by atoms with Crippen LogP contribution >= 0.6 is 12.2 Å². The number of morpholine rings is 1. The lowest BCUT2D eigenvalue weighted by molar-refractivity contribution is -0.124. The Bertz CT molecular complexity index is 1040. The maximum atomic E-state index is 13.5. The third-order valence-electron chi connectivity index (χ3n) is 6.16. The quantitative estimate of drug-likeness (QED) is 0.528. The summed E-state index contributed by atoms with van der Waals surface area (Å²) in [4.78, 5) is 32.1. The molecule has 1 atom stereocenters. The molecule has 2 aromatic carbocycles. The van der Waals surface area contributed by atoms with Gasteiger partial charge in [-0.15, -0.1) is 0 Å². The number of hydrogen-bond acceptors (Lipinski definition) is 7. The Morgan fingerprint density at radius 2 is 1.60 bits per heavy atom. The molecule has 35 heavy (non-hydrogen) atoms. The van der Waals surface area contributed by atoms with Crippen molar-refractivity contribution in [3.8, 4) is 11.5 Å². The van der Waals surface area contributed by atoms with E-state index >= 15 is 0 Å². The summed E-state index contributed by atoms with van der Waals surface area (Å²) >= 11 is 5.75. The van der Waals surface area contributed by atoms with Gasteiger partial charge in [0.05, 0.1) is 39.5 Å². The SMILES string of the molecule is COc1ccc(NC(=O)CC2C(=O)N(c3ccc(OC)cc3)C(=S)N2CCN2CCOCC2)cc1. The summed E-state index contributed by atoms with van der Waals surface area (Å²) in [7, 11) is 3.17. The standard InChI is InChI=1S/C25H30N4O5S/c1-32-20-7-3-18(4-8-20)26-23(30)17-22-24(31)29(19-5-9-21(33-2)10-6-19)25(35)28(22)12-11-27-13-15-34-16-14-27/h3-10,22H,11-17H2,1-2H3,(H,26,30). The number of ether oxygens (including phenoxy) is 3. The number of benzene rings is 2. The molecule has 0 aromatic heterocycles. The van der Waals surface area contributed by atoms with Gasteiger partial charge in [-0.2, -0.15) is 0 Å². The smallest absolute Gasteiger partial charge is 0.256 e. The Kier molecular flexibility index (Phi) is 8.17. The van der Waals surface area contributed by atoms with Gasteiger partial charge in [-0.3, -0.25) is 19.4 Å². The third-order valence-corrected chi connectivity index (χ3v) is 6.58. The number of thiocarbonyl (C=S) groups is 1. The Morgan fingerprint density at radius 3 is 2.20 bits per heavy atom. The van der Waals surface area contributed by atoms with E-state index in [1.165, 1.54) is 4.90 Å². The molecular formula is C25H30N4O5S. The third kappa shape index (κ3) is 5.90. The zero-order chi connectivity index (χ0) is 24.8. The first-order valence-electron chi connectivity index (χ1n) is 11.5. The summed E-state index contributed by atoms with van der Waals surface area (Å²) in [5.41, 5.74) is 1.28. The number of carbonyl (C=O) groups is 2. The molecule has 2 saturated heterocycles. The van der Waals surface area contributed by atoms with Crippen LogP contribution in [-0.4, -0.2) is 86.4 Å². The van der Waals surface area contributed by atoms with Crippen molar-refractivity contribution in [2.45, 2.75) is 12.5 Å². The normalized spacial score (nSPS) is 18.6. The van der Waals surface area contributed by atoms with Crippen molar-refractivity contribution in [1.82, 2.24) is 9.80 Å². The van der Waals surface area contributed by atoms with Crippen LogP contribution in [0.2, 0.25) is 0 Å². The number of amides is 2. The van der Waals surface area contributed by atoms with Gasteiger partial charge in [0.25, 0.3) is 5.91 Å². The minimum atomic E-state index is -0.691. The number of carbonyl (C=O) groups excluding carboxylic acids is 2. The van der Waals surface area contributed by atoms with Crippen LogP contribution in [0, 0.1) is 0 Å². The van der Waals surface area contributed by atoms with Gasteiger partial charge in [0.1, 0.15) is 17.5 Å². The van der Waals surface area contributed by atoms with Gasteiger partial charge in [-0.1, -0.05) is 0 Å². The van der Waals surface area contributed by atoms with E-state index in [1.54, 1.807) is 62.8 Å². The number of anilines is 2. The number of methoxy groups -OCH3 is 2. The Morgan fingerprint density at radius 1 is 1.00 bits per heavy atom. The second-order valence-corrected chi connectivity index (χ2v) is 8.66. The van der Waals surface area contributed by atoms with E-state index in [1.807, 2.05) is 4.90 Å². The lowest BCUT2D eigenvalue weighted by Gasteiger charge is -2.30. The highest BCUT2D eigenvalue weighted by Crippen LogP contribution is 2.29. The van der Waals surface area contributed by atoms with E-state index in [-0.39, 0.29) is 18.2 Å². The predicted molar refractivity (Wildman–Crippen MR) is 137 cm³/mol. The zero-order valence-electron chi connectivity index (χ0n) is 19.9. The van der Waals surface area contributed by atoms with Crippen molar-refractivity contribution < 1.29 is 23.8 Å². The number of nitrogens with zero attached hydrogens (tertiary/aromatic N) is 3. The molecule has 9 nitrogen and oxygen atoms in total. The van der Waals surface area contributed by atoms with Gasteiger partial charge in [-0.05, 0) is 60.7 Å². The maximum absolute atomic E-state index is 13.5. The first kappa shape index (κ1) is 24.9. The van der Waals surface area contributed by atoms with Crippen molar-refractivity contribution >= 4 is 40.5 Å². The van der Waals surface area contributed by atoms with E-state index in [2.05, 4.69) is 10.2 Å². The van der Waals surface area contributed by atoms with Crippen LogP contribution in [0.5, 0.6) is 11.5 Å². The molecule has 0 aliphatic carbocycles. The predicted octanol–water partition coefficient (Wildman–Crippen LogP) is 2.37. The van der Waals surface area contributed by atoms with Gasteiger partial charge in [0.15, 0.2) is 5.11 Å². The van der Waals surface area contributed by atoms with Crippen molar-refractivity contribution in [3.05, 3.63) is 48.5 Å². The average molecular weight is 499 g/mol. The van der Waals surface area contributed by atoms with Crippen LogP contribution in [0.4, 0.5) is 11.4 Å². The zero-order valence-corrected chi connectivity index (χ0v) is 20.8. The summed E-state index contributed by atoms with van der Waals surface area (Å²) in [5, 5.41) is 3.27. The van der Waals surface area contributed by atoms with Crippen molar-refractivity contribution in [2.75, 3.05) is 63.8 Å². The fourth-order valence-corrected chi connectivity index (χ4v) is 4.61. The topological polar surface area (TPSA) is 83.6 Å². The molecule has 2 heterocycles. The summed E-state index contributed by atoms with van der Waals surface area (Å²) in [6, 6.07) is 13.5. The molecule has 0 radical (unpaired) electrons. The first-order valence-corrected chi connectivity index (χ1v) is 11.9. The van der Waals surface area contributed by atoms with Gasteiger partial charge in [0, 0.05) is 31.9 Å². The van der Waals surface area contributed by atoms with Crippen molar-refractivity contribution in [1.29, 1.82) is 0 Å². The first-order chi connectivity index (χ1) is 17.0. The fraction of sp³-hybridized carbons (Fsp3) is 0.400. The van der Waals surface area contributed by atoms with Crippen molar-refractivity contribution in [2.24, 2.45) is 0 Å². The van der Waals surface area contributed by atoms with Crippen molar-refractivity contribution in [3.63, 3.8) is 0 Å².